The Labute approximate surface area is 186 Å². The van der Waals surface area contributed by atoms with Crippen molar-refractivity contribution >= 4 is 22.8 Å². The van der Waals surface area contributed by atoms with E-state index in [4.69, 9.17) is 15.6 Å². The molecular weight excluding hydrogens is 404 g/mol. The third-order valence-corrected chi connectivity index (χ3v) is 5.13. The molecule has 0 bridgehead atoms. The minimum Gasteiger partial charge on any atom is -0.496 e. The van der Waals surface area contributed by atoms with Gasteiger partial charge in [0.25, 0.3) is 5.91 Å². The Bertz CT molecular complexity index is 1250. The van der Waals surface area contributed by atoms with E-state index >= 15 is 0 Å². The van der Waals surface area contributed by atoms with Gasteiger partial charge in [-0.2, -0.15) is 5.10 Å². The van der Waals surface area contributed by atoms with E-state index < -0.39 is 0 Å². The second-order valence-corrected chi connectivity index (χ2v) is 7.96. The summed E-state index contributed by atoms with van der Waals surface area (Å²) in [7, 11) is 1.55. The molecule has 4 aromatic rings. The molecule has 0 fully saturated rings. The topological polar surface area (TPSA) is 108 Å². The van der Waals surface area contributed by atoms with Crippen LogP contribution in [-0.4, -0.2) is 32.8 Å². The molecule has 3 N–H and O–H groups in total. The number of anilines is 1. The van der Waals surface area contributed by atoms with Gasteiger partial charge in [-0.15, -0.1) is 0 Å². The molecule has 2 aromatic heterocycles. The van der Waals surface area contributed by atoms with Crippen LogP contribution in [0, 0.1) is 5.92 Å². The van der Waals surface area contributed by atoms with Crippen molar-refractivity contribution in [3.8, 4) is 17.0 Å². The number of nitrogens with one attached hydrogen (secondary N) is 1. The second kappa shape index (κ2) is 9.05. The highest BCUT2D eigenvalue weighted by Crippen LogP contribution is 2.30. The van der Waals surface area contributed by atoms with Crippen LogP contribution in [-0.2, 0) is 13.1 Å². The van der Waals surface area contributed by atoms with Crippen LogP contribution in [0.4, 0.5) is 5.82 Å². The highest BCUT2D eigenvalue weighted by molar-refractivity contribution is 5.98. The fraction of sp³-hybridized carbons (Fsp3) is 0.250. The number of hydrogen-bond donors (Lipinski definition) is 2. The number of amides is 1. The molecule has 2 heterocycles. The number of nitrogens with two attached hydrogens (primary N) is 1. The first-order valence-electron chi connectivity index (χ1n) is 10.5. The summed E-state index contributed by atoms with van der Waals surface area (Å²) < 4.78 is 7.15. The van der Waals surface area contributed by atoms with Crippen molar-refractivity contribution in [3.05, 3.63) is 66.0 Å². The molecule has 32 heavy (non-hydrogen) atoms. The monoisotopic (exact) mass is 430 g/mol. The molecule has 0 aliphatic carbocycles. The Balaban J connectivity index is 1.55. The number of para-hydroxylation sites is 1. The summed E-state index contributed by atoms with van der Waals surface area (Å²) in [4.78, 5) is 21.1. The van der Waals surface area contributed by atoms with Crippen LogP contribution in [0.5, 0.6) is 5.75 Å². The molecular formula is C24H26N6O2. The van der Waals surface area contributed by atoms with E-state index in [1.54, 1.807) is 19.2 Å². The van der Waals surface area contributed by atoms with Crippen molar-refractivity contribution in [1.82, 2.24) is 25.1 Å². The lowest BCUT2D eigenvalue weighted by Gasteiger charge is -2.09. The Morgan fingerprint density at radius 3 is 2.59 bits per heavy atom. The van der Waals surface area contributed by atoms with E-state index in [9.17, 15) is 4.79 Å². The number of carbonyl (C=O) groups is 1. The first-order valence-corrected chi connectivity index (χ1v) is 10.5. The summed E-state index contributed by atoms with van der Waals surface area (Å²) in [6.07, 6.45) is 1.47. The number of nitrogens with zero attached hydrogens (tertiary/aromatic N) is 4. The molecule has 0 aliphatic rings. The Hall–Kier alpha value is -3.94. The van der Waals surface area contributed by atoms with Crippen molar-refractivity contribution in [1.29, 1.82) is 0 Å². The van der Waals surface area contributed by atoms with E-state index in [0.29, 0.717) is 29.6 Å². The lowest BCUT2D eigenvalue weighted by molar-refractivity contribution is 0.0948. The average Bonchev–Trinajstić information content (AvgIpc) is 3.16. The predicted octanol–water partition coefficient (Wildman–Crippen LogP) is 3.67. The Morgan fingerprint density at radius 2 is 1.88 bits per heavy atom. The Morgan fingerprint density at radius 1 is 1.12 bits per heavy atom. The highest BCUT2D eigenvalue weighted by Gasteiger charge is 2.17. The van der Waals surface area contributed by atoms with Gasteiger partial charge in [-0.1, -0.05) is 50.2 Å². The zero-order chi connectivity index (χ0) is 22.7. The molecule has 0 spiro atoms. The molecule has 0 saturated heterocycles. The number of nitrogen functional groups attached to an aromatic ring is 1. The largest absolute Gasteiger partial charge is 0.496 e. The molecule has 1 amide bonds. The van der Waals surface area contributed by atoms with Crippen LogP contribution >= 0.6 is 0 Å². The van der Waals surface area contributed by atoms with Crippen LogP contribution in [0.25, 0.3) is 22.3 Å². The van der Waals surface area contributed by atoms with Gasteiger partial charge in [0, 0.05) is 18.7 Å². The van der Waals surface area contributed by atoms with Crippen molar-refractivity contribution in [3.63, 3.8) is 0 Å². The maximum atomic E-state index is 12.5. The van der Waals surface area contributed by atoms with Gasteiger partial charge in [0.15, 0.2) is 5.65 Å². The van der Waals surface area contributed by atoms with Gasteiger partial charge >= 0.3 is 0 Å². The predicted molar refractivity (Wildman–Crippen MR) is 124 cm³/mol. The Kier molecular flexibility index (Phi) is 6.02. The van der Waals surface area contributed by atoms with E-state index in [1.807, 2.05) is 41.1 Å². The average molecular weight is 431 g/mol. The number of hydrogen-bond acceptors (Lipinski definition) is 6. The summed E-state index contributed by atoms with van der Waals surface area (Å²) in [5.41, 5.74) is 10.0. The van der Waals surface area contributed by atoms with E-state index in [1.165, 1.54) is 6.33 Å². The van der Waals surface area contributed by atoms with E-state index in [2.05, 4.69) is 29.1 Å². The third-order valence-electron chi connectivity index (χ3n) is 5.13. The minimum atomic E-state index is -0.185. The summed E-state index contributed by atoms with van der Waals surface area (Å²) in [6.45, 7) is 5.39. The SMILES string of the molecule is COc1ccccc1C(=O)NCc1ccc(-c2nn(CC(C)C)c3ncnc(N)c23)cc1. The van der Waals surface area contributed by atoms with Gasteiger partial charge in [0.05, 0.1) is 18.1 Å². The highest BCUT2D eigenvalue weighted by atomic mass is 16.5. The second-order valence-electron chi connectivity index (χ2n) is 7.96. The number of benzene rings is 2. The van der Waals surface area contributed by atoms with Gasteiger partial charge in [0.2, 0.25) is 0 Å². The zero-order valence-electron chi connectivity index (χ0n) is 18.4. The fourth-order valence-electron chi connectivity index (χ4n) is 3.60. The van der Waals surface area contributed by atoms with Crippen LogP contribution in [0.2, 0.25) is 0 Å². The summed E-state index contributed by atoms with van der Waals surface area (Å²) in [5, 5.41) is 8.46. The first-order chi connectivity index (χ1) is 15.5. The quantitative estimate of drug-likeness (QED) is 0.463. The number of fused-ring (bicyclic) bond motifs is 1. The molecule has 0 saturated carbocycles. The summed E-state index contributed by atoms with van der Waals surface area (Å²) in [6, 6.07) is 15.0. The lowest BCUT2D eigenvalue weighted by Crippen LogP contribution is -2.23. The molecule has 0 atom stereocenters. The maximum absolute atomic E-state index is 12.5. The number of carbonyl (C=O) groups excluding carboxylic acids is 1. The molecule has 164 valence electrons. The number of aromatic nitrogens is 4. The van der Waals surface area contributed by atoms with Crippen LogP contribution < -0.4 is 15.8 Å². The van der Waals surface area contributed by atoms with Crippen LogP contribution in [0.15, 0.2) is 54.9 Å². The van der Waals surface area contributed by atoms with Gasteiger partial charge in [-0.3, -0.25) is 4.79 Å². The van der Waals surface area contributed by atoms with Gasteiger partial charge in [-0.05, 0) is 23.6 Å². The molecule has 8 nitrogen and oxygen atoms in total. The maximum Gasteiger partial charge on any atom is 0.255 e. The number of methoxy groups -OCH3 is 1. The normalized spacial score (nSPS) is 11.1. The fourth-order valence-corrected chi connectivity index (χ4v) is 3.60. The van der Waals surface area contributed by atoms with Gasteiger partial charge in [0.1, 0.15) is 23.6 Å². The van der Waals surface area contributed by atoms with Crippen molar-refractivity contribution < 1.29 is 9.53 Å². The molecule has 0 unspecified atom stereocenters. The van der Waals surface area contributed by atoms with Crippen molar-refractivity contribution in [2.24, 2.45) is 5.92 Å². The summed E-state index contributed by atoms with van der Waals surface area (Å²) in [5.74, 6) is 1.18. The van der Waals surface area contributed by atoms with Gasteiger partial charge in [-0.25, -0.2) is 14.6 Å². The first kappa shape index (κ1) is 21.3. The number of rotatable bonds is 7. The molecule has 0 radical (unpaired) electrons. The molecule has 2 aromatic carbocycles. The van der Waals surface area contributed by atoms with Crippen LogP contribution in [0.3, 0.4) is 0 Å². The molecule has 8 heteroatoms. The molecule has 0 aliphatic heterocycles. The van der Waals surface area contributed by atoms with Crippen molar-refractivity contribution in [2.45, 2.75) is 26.9 Å². The van der Waals surface area contributed by atoms with E-state index in [0.717, 1.165) is 34.4 Å². The minimum absolute atomic E-state index is 0.185. The molecule has 4 rings (SSSR count). The lowest BCUT2D eigenvalue weighted by atomic mass is 10.1. The smallest absolute Gasteiger partial charge is 0.255 e. The van der Waals surface area contributed by atoms with Crippen molar-refractivity contribution in [2.75, 3.05) is 12.8 Å². The summed E-state index contributed by atoms with van der Waals surface area (Å²) >= 11 is 0. The number of ether oxygens (including phenoxy) is 1. The third kappa shape index (κ3) is 4.25. The van der Waals surface area contributed by atoms with Crippen LogP contribution in [0.1, 0.15) is 29.8 Å². The van der Waals surface area contributed by atoms with E-state index in [-0.39, 0.29) is 5.91 Å². The van der Waals surface area contributed by atoms with Gasteiger partial charge < -0.3 is 15.8 Å². The standard InChI is InChI=1S/C24H26N6O2/c1-15(2)13-30-23-20(22(25)27-14-28-23)21(29-30)17-10-8-16(9-11-17)12-26-24(31)18-6-4-5-7-19(18)32-3/h4-11,14-15H,12-13H2,1-3H3,(H,26,31)(H2,25,27,28). The zero-order valence-corrected chi connectivity index (χ0v) is 18.4.